The van der Waals surface area contributed by atoms with Crippen molar-refractivity contribution in [1.82, 2.24) is 9.80 Å². The van der Waals surface area contributed by atoms with E-state index in [1.165, 1.54) is 23.8 Å². The maximum Gasteiger partial charge on any atom is 0.411 e. The largest absolute Gasteiger partial charge is 0.443 e. The summed E-state index contributed by atoms with van der Waals surface area (Å²) >= 11 is 6.23. The van der Waals surface area contributed by atoms with Gasteiger partial charge in [-0.1, -0.05) is 35.9 Å². The summed E-state index contributed by atoms with van der Waals surface area (Å²) in [6.07, 6.45) is 2.70. The Hall–Kier alpha value is -2.58. The number of piperidine rings is 1. The molecule has 168 valence electrons. The zero-order valence-corrected chi connectivity index (χ0v) is 19.1. The summed E-state index contributed by atoms with van der Waals surface area (Å²) in [5.74, 6) is -0.235. The molecule has 0 radical (unpaired) electrons. The number of benzene rings is 2. The lowest BCUT2D eigenvalue weighted by atomic mass is 9.98. The monoisotopic (exact) mass is 474 g/mol. The number of rotatable bonds is 3. The number of amides is 2. The summed E-state index contributed by atoms with van der Waals surface area (Å²) in [4.78, 5) is 29.3. The number of fused-ring (bicyclic) bond motifs is 3. The second-order valence-corrected chi connectivity index (χ2v) is 11.0. The summed E-state index contributed by atoms with van der Waals surface area (Å²) in [6, 6.07) is 12.3. The lowest BCUT2D eigenvalue weighted by molar-refractivity contribution is 0.0636. The Kier molecular flexibility index (Phi) is 5.17. The van der Waals surface area contributed by atoms with E-state index in [1.54, 1.807) is 4.90 Å². The predicted octanol–water partition coefficient (Wildman–Crippen LogP) is 3.47. The molecule has 2 aliphatic heterocycles. The van der Waals surface area contributed by atoms with Crippen LogP contribution < -0.4 is 0 Å². The van der Waals surface area contributed by atoms with E-state index in [9.17, 15) is 18.0 Å². The van der Waals surface area contributed by atoms with Crippen molar-refractivity contribution in [3.63, 3.8) is 0 Å². The molecule has 32 heavy (non-hydrogen) atoms. The Labute approximate surface area is 191 Å². The molecule has 3 aliphatic rings. The van der Waals surface area contributed by atoms with Gasteiger partial charge in [0.25, 0.3) is 5.91 Å². The Morgan fingerprint density at radius 3 is 2.53 bits per heavy atom. The Bertz CT molecular complexity index is 1210. The minimum absolute atomic E-state index is 0.00390. The van der Waals surface area contributed by atoms with Crippen molar-refractivity contribution < 1.29 is 22.7 Å². The molecular weight excluding hydrogens is 452 g/mol. The van der Waals surface area contributed by atoms with E-state index >= 15 is 0 Å². The maximum absolute atomic E-state index is 13.0. The van der Waals surface area contributed by atoms with Crippen LogP contribution in [0.5, 0.6) is 0 Å². The van der Waals surface area contributed by atoms with Gasteiger partial charge < -0.3 is 9.64 Å². The van der Waals surface area contributed by atoms with Gasteiger partial charge in [-0.3, -0.25) is 9.69 Å². The molecule has 0 spiro atoms. The van der Waals surface area contributed by atoms with E-state index in [0.717, 1.165) is 18.2 Å². The van der Waals surface area contributed by atoms with Crippen molar-refractivity contribution in [2.24, 2.45) is 0 Å². The van der Waals surface area contributed by atoms with E-state index < -0.39 is 9.84 Å². The van der Waals surface area contributed by atoms with Gasteiger partial charge in [-0.25, -0.2) is 13.2 Å². The molecule has 2 aromatic rings. The van der Waals surface area contributed by atoms with E-state index in [0.29, 0.717) is 25.9 Å². The van der Waals surface area contributed by atoms with Crippen molar-refractivity contribution in [3.05, 3.63) is 64.2 Å². The fourth-order valence-corrected chi connectivity index (χ4v) is 6.04. The van der Waals surface area contributed by atoms with Gasteiger partial charge in [0.1, 0.15) is 6.10 Å². The normalized spacial score (nSPS) is 23.1. The van der Waals surface area contributed by atoms with Crippen LogP contribution in [0.4, 0.5) is 4.79 Å². The number of hydrogen-bond acceptors (Lipinski definition) is 5. The van der Waals surface area contributed by atoms with E-state index in [2.05, 4.69) is 12.1 Å². The van der Waals surface area contributed by atoms with Gasteiger partial charge in [0, 0.05) is 31.8 Å². The first kappa shape index (κ1) is 21.3. The van der Waals surface area contributed by atoms with Crippen LogP contribution in [-0.2, 0) is 21.0 Å². The highest BCUT2D eigenvalue weighted by molar-refractivity contribution is 7.90. The average molecular weight is 475 g/mol. The molecule has 2 aromatic carbocycles. The van der Waals surface area contributed by atoms with Crippen LogP contribution in [0, 0.1) is 0 Å². The van der Waals surface area contributed by atoms with E-state index in [-0.39, 0.29) is 45.7 Å². The highest BCUT2D eigenvalue weighted by Gasteiger charge is 2.50. The third-order valence-corrected chi connectivity index (χ3v) is 8.08. The second kappa shape index (κ2) is 7.78. The summed E-state index contributed by atoms with van der Waals surface area (Å²) < 4.78 is 29.1. The van der Waals surface area contributed by atoms with Gasteiger partial charge in [-0.15, -0.1) is 0 Å². The number of halogens is 1. The topological polar surface area (TPSA) is 84.0 Å². The molecule has 2 amide bonds. The first-order valence-electron chi connectivity index (χ1n) is 10.6. The van der Waals surface area contributed by atoms with E-state index in [1.807, 2.05) is 17.0 Å². The number of likely N-dealkylation sites (tertiary alicyclic amines) is 1. The van der Waals surface area contributed by atoms with Crippen LogP contribution in [0.3, 0.4) is 0 Å². The number of ether oxygens (including phenoxy) is 1. The number of hydrogen-bond donors (Lipinski definition) is 0. The molecular formula is C23H23ClN2O5S. The zero-order chi connectivity index (χ0) is 22.6. The smallest absolute Gasteiger partial charge is 0.411 e. The van der Waals surface area contributed by atoms with Gasteiger partial charge in [0.15, 0.2) is 9.84 Å². The molecule has 5 rings (SSSR count). The number of nitrogens with zero attached hydrogens (tertiary/aromatic N) is 2. The predicted molar refractivity (Wildman–Crippen MR) is 118 cm³/mol. The van der Waals surface area contributed by atoms with Gasteiger partial charge >= 0.3 is 6.09 Å². The average Bonchev–Trinajstić information content (AvgIpc) is 3.27. The first-order valence-corrected chi connectivity index (χ1v) is 12.9. The third kappa shape index (κ3) is 3.55. The number of carbonyl (C=O) groups is 2. The first-order chi connectivity index (χ1) is 15.2. The van der Waals surface area contributed by atoms with Crippen molar-refractivity contribution in [1.29, 1.82) is 0 Å². The molecule has 9 heteroatoms. The minimum atomic E-state index is -3.40. The van der Waals surface area contributed by atoms with Crippen molar-refractivity contribution >= 4 is 33.4 Å². The van der Waals surface area contributed by atoms with E-state index in [4.69, 9.17) is 16.3 Å². The molecule has 0 unspecified atom stereocenters. The quantitative estimate of drug-likeness (QED) is 0.680. The summed E-state index contributed by atoms with van der Waals surface area (Å²) in [6.45, 7) is 0.965. The van der Waals surface area contributed by atoms with Crippen LogP contribution in [-0.4, -0.2) is 61.7 Å². The molecule has 0 saturated carbocycles. The van der Waals surface area contributed by atoms with Crippen LogP contribution in [0.25, 0.3) is 0 Å². The Balaban J connectivity index is 1.29. The number of carbonyl (C=O) groups excluding carboxylic acids is 2. The van der Waals surface area contributed by atoms with Crippen LogP contribution in [0.2, 0.25) is 5.02 Å². The molecule has 2 saturated heterocycles. The molecule has 1 aliphatic carbocycles. The Morgan fingerprint density at radius 1 is 1.12 bits per heavy atom. The van der Waals surface area contributed by atoms with Crippen molar-refractivity contribution in [3.8, 4) is 0 Å². The minimum Gasteiger partial charge on any atom is -0.443 e. The second-order valence-electron chi connectivity index (χ2n) is 8.61. The molecule has 2 heterocycles. The SMILES string of the molecule is CS(=O)(=O)c1ccc(C(=O)N2CCC(N3C(=O)O[C@H]4Cc5ccccc5[C@H]43)CC2)c(Cl)c1. The molecule has 7 nitrogen and oxygen atoms in total. The standard InChI is InChI=1S/C23H23ClN2O5S/c1-32(29,30)16-6-7-18(19(24)13-16)22(27)25-10-8-15(9-11-25)26-21-17-5-3-2-4-14(17)12-20(21)31-23(26)28/h2-7,13,15,20-21H,8-12H2,1H3/t20-,21+/m0/s1. The molecule has 0 bridgehead atoms. The van der Waals surface area contributed by atoms with Crippen LogP contribution in [0.15, 0.2) is 47.4 Å². The fraction of sp³-hybridized carbons (Fsp3) is 0.391. The molecule has 2 atom stereocenters. The third-order valence-electron chi connectivity index (χ3n) is 6.65. The number of sulfone groups is 1. The summed E-state index contributed by atoms with van der Waals surface area (Å²) in [5, 5.41) is 0.119. The fourth-order valence-electron chi connectivity index (χ4n) is 5.07. The highest BCUT2D eigenvalue weighted by Crippen LogP contribution is 2.44. The van der Waals surface area contributed by atoms with Crippen LogP contribution >= 0.6 is 11.6 Å². The zero-order valence-electron chi connectivity index (χ0n) is 17.5. The van der Waals surface area contributed by atoms with Crippen molar-refractivity contribution in [2.75, 3.05) is 19.3 Å². The molecule has 2 fully saturated rings. The van der Waals surface area contributed by atoms with Crippen LogP contribution in [0.1, 0.15) is 40.4 Å². The highest BCUT2D eigenvalue weighted by atomic mass is 35.5. The lowest BCUT2D eigenvalue weighted by Crippen LogP contribution is -2.47. The van der Waals surface area contributed by atoms with Gasteiger partial charge in [0.2, 0.25) is 0 Å². The maximum atomic E-state index is 13.0. The lowest BCUT2D eigenvalue weighted by Gasteiger charge is -2.38. The summed E-state index contributed by atoms with van der Waals surface area (Å²) in [5.41, 5.74) is 2.65. The van der Waals surface area contributed by atoms with Gasteiger partial charge in [-0.05, 0) is 42.2 Å². The Morgan fingerprint density at radius 2 is 1.84 bits per heavy atom. The van der Waals surface area contributed by atoms with Crippen molar-refractivity contribution in [2.45, 2.75) is 42.3 Å². The molecule has 0 aromatic heterocycles. The van der Waals surface area contributed by atoms with Gasteiger partial charge in [-0.2, -0.15) is 0 Å². The summed E-state index contributed by atoms with van der Waals surface area (Å²) in [7, 11) is -3.40. The molecule has 0 N–H and O–H groups in total. The van der Waals surface area contributed by atoms with Gasteiger partial charge in [0.05, 0.1) is 21.5 Å².